The molecule has 0 aliphatic carbocycles. The molecular formula is C21H28N2O3. The molecule has 1 aromatic carbocycles. The zero-order chi connectivity index (χ0) is 18.9. The van der Waals surface area contributed by atoms with Crippen LogP contribution in [-0.2, 0) is 11.2 Å². The molecule has 0 spiro atoms. The summed E-state index contributed by atoms with van der Waals surface area (Å²) in [5, 5.41) is 14.0. The van der Waals surface area contributed by atoms with Gasteiger partial charge in [-0.1, -0.05) is 24.3 Å². The zero-order valence-corrected chi connectivity index (χ0v) is 16.1. The number of aromatic nitrogens is 1. The predicted octanol–water partition coefficient (Wildman–Crippen LogP) is 4.63. The van der Waals surface area contributed by atoms with E-state index < -0.39 is 5.60 Å². The molecule has 0 N–H and O–H groups in total. The number of carbonyl (C=O) groups is 1. The van der Waals surface area contributed by atoms with E-state index in [2.05, 4.69) is 6.08 Å². The summed E-state index contributed by atoms with van der Waals surface area (Å²) in [6.45, 7) is 9.30. The van der Waals surface area contributed by atoms with Crippen molar-refractivity contribution in [2.45, 2.75) is 46.1 Å². The van der Waals surface area contributed by atoms with E-state index in [9.17, 15) is 10.0 Å². The second kappa shape index (κ2) is 6.89. The third-order valence-electron chi connectivity index (χ3n) is 4.74. The predicted molar refractivity (Wildman–Crippen MR) is 104 cm³/mol. The first-order valence-corrected chi connectivity index (χ1v) is 9.22. The van der Waals surface area contributed by atoms with Gasteiger partial charge in [0.15, 0.2) is 0 Å². The van der Waals surface area contributed by atoms with E-state index >= 15 is 0 Å². The van der Waals surface area contributed by atoms with Gasteiger partial charge in [-0.05, 0) is 44.9 Å². The third kappa shape index (κ3) is 4.17. The third-order valence-corrected chi connectivity index (χ3v) is 4.74. The lowest BCUT2D eigenvalue weighted by Gasteiger charge is -2.45. The molecule has 1 unspecified atom stereocenters. The van der Waals surface area contributed by atoms with Gasteiger partial charge in [-0.25, -0.2) is 4.79 Å². The van der Waals surface area contributed by atoms with E-state index in [0.29, 0.717) is 26.1 Å². The van der Waals surface area contributed by atoms with E-state index in [1.165, 1.54) is 5.57 Å². The van der Waals surface area contributed by atoms with Crippen LogP contribution in [0, 0.1) is 5.21 Å². The lowest BCUT2D eigenvalue weighted by molar-refractivity contribution is -0.877. The largest absolute Gasteiger partial charge is 0.633 e. The summed E-state index contributed by atoms with van der Waals surface area (Å²) in [6, 6.07) is 7.79. The van der Waals surface area contributed by atoms with Crippen LogP contribution in [0.2, 0.25) is 0 Å². The number of quaternary nitrogens is 1. The Kier molecular flexibility index (Phi) is 4.95. The van der Waals surface area contributed by atoms with Crippen LogP contribution in [0.1, 0.15) is 39.7 Å². The average molecular weight is 356 g/mol. The molecule has 1 atom stereocenters. The molecule has 2 heterocycles. The number of carbonyl (C=O) groups excluding carboxylic acids is 1. The monoisotopic (exact) mass is 356 g/mol. The van der Waals surface area contributed by atoms with Gasteiger partial charge in [0.05, 0.1) is 25.2 Å². The molecule has 1 aromatic heterocycles. The van der Waals surface area contributed by atoms with Crippen LogP contribution in [0.3, 0.4) is 0 Å². The lowest BCUT2D eigenvalue weighted by Crippen LogP contribution is -2.47. The summed E-state index contributed by atoms with van der Waals surface area (Å²) >= 11 is 0. The smallest absolute Gasteiger partial charge is 0.419 e. The number of nitrogens with zero attached hydrogens (tertiary/aromatic N) is 2. The molecule has 0 amide bonds. The topological polar surface area (TPSA) is 54.3 Å². The van der Waals surface area contributed by atoms with Crippen LogP contribution in [0.5, 0.6) is 0 Å². The minimum atomic E-state index is -0.551. The molecule has 5 heteroatoms. The van der Waals surface area contributed by atoms with Gasteiger partial charge in [-0.2, -0.15) is 0 Å². The molecular weight excluding hydrogens is 328 g/mol. The van der Waals surface area contributed by atoms with Crippen LogP contribution >= 0.6 is 0 Å². The summed E-state index contributed by atoms with van der Waals surface area (Å²) < 4.78 is 6.90. The van der Waals surface area contributed by atoms with Gasteiger partial charge in [0.25, 0.3) is 0 Å². The summed E-state index contributed by atoms with van der Waals surface area (Å²) in [5.74, 6) is 0. The summed E-state index contributed by atoms with van der Waals surface area (Å²) in [7, 11) is 0. The van der Waals surface area contributed by atoms with E-state index in [1.807, 2.05) is 58.2 Å². The normalized spacial score (nSPS) is 20.9. The van der Waals surface area contributed by atoms with Gasteiger partial charge < -0.3 is 14.6 Å². The van der Waals surface area contributed by atoms with Crippen LogP contribution in [0.15, 0.2) is 42.1 Å². The molecule has 0 radical (unpaired) electrons. The average Bonchev–Trinajstić information content (AvgIpc) is 2.90. The standard InChI is InChI=1S/C21H28N2O3/c1-16-8-7-12-23(25,15-16)13-11-17-14-22(20(24)26-21(2,3)4)19-10-6-5-9-18(17)19/h5-6,8-10,14H,7,11-13,15H2,1-4H3. The maximum Gasteiger partial charge on any atom is 0.419 e. The molecule has 1 aliphatic heterocycles. The Hall–Kier alpha value is -2.11. The number of fused-ring (bicyclic) bond motifs is 1. The van der Waals surface area contributed by atoms with Crippen molar-refractivity contribution in [2.75, 3.05) is 19.6 Å². The molecule has 0 saturated carbocycles. The Balaban J connectivity index is 1.85. The van der Waals surface area contributed by atoms with Gasteiger partial charge in [-0.15, -0.1) is 0 Å². The van der Waals surface area contributed by atoms with Crippen molar-refractivity contribution in [1.29, 1.82) is 0 Å². The first-order valence-electron chi connectivity index (χ1n) is 9.22. The summed E-state index contributed by atoms with van der Waals surface area (Å²) in [6.07, 6.45) is 5.09. The van der Waals surface area contributed by atoms with Crippen LogP contribution in [0.4, 0.5) is 4.79 Å². The molecule has 140 valence electrons. The van der Waals surface area contributed by atoms with E-state index in [-0.39, 0.29) is 10.7 Å². The fourth-order valence-corrected chi connectivity index (χ4v) is 3.57. The SMILES string of the molecule is CC1=CCC[N+]([O-])(CCc2cn(C(=O)OC(C)(C)C)c3ccccc23)C1. The zero-order valence-electron chi connectivity index (χ0n) is 16.1. The van der Waals surface area contributed by atoms with Gasteiger partial charge in [-0.3, -0.25) is 4.57 Å². The highest BCUT2D eigenvalue weighted by Gasteiger charge is 2.23. The van der Waals surface area contributed by atoms with Crippen molar-refractivity contribution in [3.63, 3.8) is 0 Å². The van der Waals surface area contributed by atoms with Crippen molar-refractivity contribution >= 4 is 17.0 Å². The van der Waals surface area contributed by atoms with E-state index in [1.54, 1.807) is 4.57 Å². The molecule has 2 aromatic rings. The first kappa shape index (κ1) is 18.7. The molecule has 5 nitrogen and oxygen atoms in total. The van der Waals surface area contributed by atoms with Crippen LogP contribution < -0.4 is 0 Å². The minimum Gasteiger partial charge on any atom is -0.633 e. The van der Waals surface area contributed by atoms with Gasteiger partial charge >= 0.3 is 6.09 Å². The Morgan fingerprint density at radius 3 is 2.73 bits per heavy atom. The highest BCUT2D eigenvalue weighted by Crippen LogP contribution is 2.25. The maximum absolute atomic E-state index is 13.0. The molecule has 26 heavy (non-hydrogen) atoms. The number of benzene rings is 1. The quantitative estimate of drug-likeness (QED) is 0.458. The lowest BCUT2D eigenvalue weighted by atomic mass is 10.1. The number of ether oxygens (including phenoxy) is 1. The molecule has 0 saturated heterocycles. The Morgan fingerprint density at radius 1 is 1.31 bits per heavy atom. The fraction of sp³-hybridized carbons (Fsp3) is 0.476. The second-order valence-electron chi connectivity index (χ2n) is 8.27. The molecule has 0 bridgehead atoms. The van der Waals surface area contributed by atoms with Crippen LogP contribution in [-0.4, -0.2) is 40.5 Å². The van der Waals surface area contributed by atoms with Crippen molar-refractivity contribution in [3.8, 4) is 0 Å². The fourth-order valence-electron chi connectivity index (χ4n) is 3.57. The summed E-state index contributed by atoms with van der Waals surface area (Å²) in [4.78, 5) is 12.6. The number of hydroxylamine groups is 3. The summed E-state index contributed by atoms with van der Waals surface area (Å²) in [5.41, 5.74) is 2.46. The molecule has 3 rings (SSSR count). The minimum absolute atomic E-state index is 0.186. The van der Waals surface area contributed by atoms with Crippen molar-refractivity contribution < 1.29 is 14.2 Å². The Morgan fingerprint density at radius 2 is 2.04 bits per heavy atom. The van der Waals surface area contributed by atoms with Crippen molar-refractivity contribution in [2.24, 2.45) is 0 Å². The van der Waals surface area contributed by atoms with E-state index in [4.69, 9.17) is 4.74 Å². The number of para-hydroxylation sites is 1. The number of rotatable bonds is 3. The second-order valence-corrected chi connectivity index (χ2v) is 8.27. The van der Waals surface area contributed by atoms with E-state index in [0.717, 1.165) is 22.9 Å². The Bertz CT molecular complexity index is 845. The van der Waals surface area contributed by atoms with Gasteiger partial charge in [0, 0.05) is 24.4 Å². The number of hydrogen-bond donors (Lipinski definition) is 0. The molecule has 0 fully saturated rings. The van der Waals surface area contributed by atoms with Crippen molar-refractivity contribution in [3.05, 3.63) is 52.9 Å². The van der Waals surface area contributed by atoms with Crippen LogP contribution in [0.25, 0.3) is 10.9 Å². The van der Waals surface area contributed by atoms with Crippen molar-refractivity contribution in [1.82, 2.24) is 4.57 Å². The Labute approximate surface area is 155 Å². The van der Waals surface area contributed by atoms with Gasteiger partial charge in [0.2, 0.25) is 0 Å². The van der Waals surface area contributed by atoms with Gasteiger partial charge in [0.1, 0.15) is 5.60 Å². The molecule has 1 aliphatic rings. The first-order chi connectivity index (χ1) is 12.2. The highest BCUT2D eigenvalue weighted by molar-refractivity contribution is 5.92. The number of hydrogen-bond acceptors (Lipinski definition) is 3. The highest BCUT2D eigenvalue weighted by atomic mass is 16.6. The maximum atomic E-state index is 13.0.